The molecule has 1 aromatic carbocycles. The summed E-state index contributed by atoms with van der Waals surface area (Å²) in [6.45, 7) is 1.40. The van der Waals surface area contributed by atoms with Crippen molar-refractivity contribution in [3.05, 3.63) is 20.1 Å². The molecule has 0 radical (unpaired) electrons. The molecule has 2 aromatic rings. The quantitative estimate of drug-likeness (QED) is 0.675. The van der Waals surface area contributed by atoms with Crippen LogP contribution in [0.15, 0.2) is 8.95 Å². The van der Waals surface area contributed by atoms with Gasteiger partial charge in [-0.05, 0) is 44.3 Å². The van der Waals surface area contributed by atoms with Crippen LogP contribution in [-0.2, 0) is 6.18 Å². The number of fused-ring (bicyclic) bond motifs is 1. The number of rotatable bonds is 0. The minimum Gasteiger partial charge on any atom is -0.172 e. The van der Waals surface area contributed by atoms with Crippen molar-refractivity contribution in [2.75, 3.05) is 0 Å². The van der Waals surface area contributed by atoms with E-state index < -0.39 is 11.7 Å². The van der Waals surface area contributed by atoms with Gasteiger partial charge in [0.15, 0.2) is 0 Å². The van der Waals surface area contributed by atoms with E-state index in [1.54, 1.807) is 0 Å². The number of hydrogen-bond donors (Lipinski definition) is 0. The molecular weight excluding hydrogens is 373 g/mol. The van der Waals surface area contributed by atoms with Crippen LogP contribution in [-0.4, -0.2) is 8.75 Å². The normalized spacial score (nSPS) is 12.4. The lowest BCUT2D eigenvalue weighted by Crippen LogP contribution is -2.09. The summed E-state index contributed by atoms with van der Waals surface area (Å²) in [6, 6.07) is 0. The molecule has 0 atom stereocenters. The Morgan fingerprint density at radius 2 is 1.56 bits per heavy atom. The molecule has 0 saturated carbocycles. The molecular formula is C8H3Br2F3N2S. The fourth-order valence-corrected chi connectivity index (χ4v) is 3.45. The molecule has 0 aliphatic heterocycles. The number of nitrogens with zero attached hydrogens (tertiary/aromatic N) is 2. The molecule has 0 bridgehead atoms. The zero-order valence-corrected chi connectivity index (χ0v) is 11.7. The van der Waals surface area contributed by atoms with Crippen LogP contribution in [0.25, 0.3) is 11.0 Å². The molecule has 0 N–H and O–H groups in total. The predicted octanol–water partition coefficient (Wildman–Crippen LogP) is 4.54. The Kier molecular flexibility index (Phi) is 3.00. The van der Waals surface area contributed by atoms with Crippen molar-refractivity contribution in [3.8, 4) is 0 Å². The topological polar surface area (TPSA) is 25.8 Å². The average molecular weight is 376 g/mol. The smallest absolute Gasteiger partial charge is 0.172 e. The molecule has 0 saturated heterocycles. The van der Waals surface area contributed by atoms with Gasteiger partial charge in [-0.2, -0.15) is 21.9 Å². The summed E-state index contributed by atoms with van der Waals surface area (Å²) in [5.41, 5.74) is 0.0799. The average Bonchev–Trinajstić information content (AvgIpc) is 2.61. The summed E-state index contributed by atoms with van der Waals surface area (Å²) >= 11 is 6.95. The summed E-state index contributed by atoms with van der Waals surface area (Å²) in [7, 11) is 0. The molecule has 0 aliphatic rings. The van der Waals surface area contributed by atoms with Crippen molar-refractivity contribution >= 4 is 54.6 Å². The summed E-state index contributed by atoms with van der Waals surface area (Å²) in [4.78, 5) is 0. The minimum atomic E-state index is -4.41. The van der Waals surface area contributed by atoms with Gasteiger partial charge < -0.3 is 0 Å². The van der Waals surface area contributed by atoms with Crippen LogP contribution in [0.4, 0.5) is 13.2 Å². The second-order valence-corrected chi connectivity index (χ2v) is 5.20. The number of benzene rings is 1. The highest BCUT2D eigenvalue weighted by atomic mass is 79.9. The predicted molar refractivity (Wildman–Crippen MR) is 62.6 cm³/mol. The van der Waals surface area contributed by atoms with Crippen molar-refractivity contribution in [3.63, 3.8) is 0 Å². The fourth-order valence-electron chi connectivity index (χ4n) is 1.38. The van der Waals surface area contributed by atoms with Gasteiger partial charge in [0, 0.05) is 0 Å². The van der Waals surface area contributed by atoms with Crippen molar-refractivity contribution in [1.29, 1.82) is 0 Å². The van der Waals surface area contributed by atoms with Gasteiger partial charge in [0.25, 0.3) is 0 Å². The highest BCUT2D eigenvalue weighted by molar-refractivity contribution is 9.11. The number of hydrogen-bond acceptors (Lipinski definition) is 3. The van der Waals surface area contributed by atoms with Gasteiger partial charge >= 0.3 is 6.18 Å². The number of halogens is 5. The highest BCUT2D eigenvalue weighted by Crippen LogP contribution is 2.43. The first-order valence-electron chi connectivity index (χ1n) is 4.01. The highest BCUT2D eigenvalue weighted by Gasteiger charge is 2.37. The molecule has 0 unspecified atom stereocenters. The molecule has 0 amide bonds. The first-order chi connectivity index (χ1) is 7.34. The van der Waals surface area contributed by atoms with Crippen LogP contribution in [0, 0.1) is 6.92 Å². The molecule has 8 heteroatoms. The first kappa shape index (κ1) is 12.3. The first-order valence-corrected chi connectivity index (χ1v) is 6.32. The van der Waals surface area contributed by atoms with Crippen molar-refractivity contribution < 1.29 is 13.2 Å². The van der Waals surface area contributed by atoms with E-state index in [0.717, 1.165) is 11.7 Å². The van der Waals surface area contributed by atoms with E-state index in [9.17, 15) is 13.2 Å². The lowest BCUT2D eigenvalue weighted by atomic mass is 10.1. The van der Waals surface area contributed by atoms with E-state index in [4.69, 9.17) is 0 Å². The second-order valence-electron chi connectivity index (χ2n) is 3.09. The van der Waals surface area contributed by atoms with Gasteiger partial charge in [0.2, 0.25) is 0 Å². The van der Waals surface area contributed by atoms with Crippen LogP contribution >= 0.6 is 43.6 Å². The van der Waals surface area contributed by atoms with Gasteiger partial charge in [0.1, 0.15) is 11.0 Å². The maximum atomic E-state index is 12.8. The Morgan fingerprint density at radius 1 is 1.06 bits per heavy atom. The van der Waals surface area contributed by atoms with Crippen molar-refractivity contribution in [1.82, 2.24) is 8.75 Å². The lowest BCUT2D eigenvalue weighted by molar-refractivity contribution is -0.138. The van der Waals surface area contributed by atoms with Crippen molar-refractivity contribution in [2.45, 2.75) is 13.1 Å². The zero-order chi connectivity index (χ0) is 12.1. The fraction of sp³-hybridized carbons (Fsp3) is 0.250. The van der Waals surface area contributed by atoms with E-state index in [1.807, 2.05) is 0 Å². The van der Waals surface area contributed by atoms with E-state index in [2.05, 4.69) is 40.6 Å². The van der Waals surface area contributed by atoms with Gasteiger partial charge in [-0.3, -0.25) is 0 Å². The van der Waals surface area contributed by atoms with Crippen LogP contribution in [0.2, 0.25) is 0 Å². The van der Waals surface area contributed by atoms with Gasteiger partial charge in [-0.25, -0.2) is 0 Å². The largest absolute Gasteiger partial charge is 0.417 e. The molecule has 0 spiro atoms. The molecule has 2 rings (SSSR count). The van der Waals surface area contributed by atoms with Gasteiger partial charge in [-0.15, -0.1) is 0 Å². The Hall–Kier alpha value is -0.210. The molecule has 16 heavy (non-hydrogen) atoms. The van der Waals surface area contributed by atoms with Gasteiger partial charge in [-0.1, -0.05) is 0 Å². The van der Waals surface area contributed by atoms with E-state index in [0.29, 0.717) is 9.99 Å². The van der Waals surface area contributed by atoms with Crippen LogP contribution in [0.1, 0.15) is 11.1 Å². The summed E-state index contributed by atoms with van der Waals surface area (Å²) in [5, 5.41) is 0. The Bertz CT molecular complexity index is 564. The van der Waals surface area contributed by atoms with Crippen LogP contribution < -0.4 is 0 Å². The third-order valence-corrected chi connectivity index (χ3v) is 4.38. The Labute approximate surface area is 109 Å². The Balaban J connectivity index is 2.94. The van der Waals surface area contributed by atoms with E-state index >= 15 is 0 Å². The SMILES string of the molecule is Cc1c(C(F)(F)F)c(Br)c2nsnc2c1Br. The van der Waals surface area contributed by atoms with Gasteiger partial charge in [0.05, 0.1) is 26.2 Å². The Morgan fingerprint density at radius 3 is 2.06 bits per heavy atom. The standard InChI is InChI=1S/C8H3Br2F3N2S/c1-2-3(8(11,12)13)5(10)7-6(4(2)9)14-16-15-7/h1H3. The molecule has 0 aliphatic carbocycles. The van der Waals surface area contributed by atoms with Crippen LogP contribution in [0.3, 0.4) is 0 Å². The lowest BCUT2D eigenvalue weighted by Gasteiger charge is -2.13. The minimum absolute atomic E-state index is 0.0514. The number of aromatic nitrogens is 2. The third kappa shape index (κ3) is 1.76. The summed E-state index contributed by atoms with van der Waals surface area (Å²) in [6.07, 6.45) is -4.41. The van der Waals surface area contributed by atoms with E-state index in [1.165, 1.54) is 6.92 Å². The molecule has 86 valence electrons. The summed E-state index contributed by atoms with van der Waals surface area (Å²) < 4.78 is 46.6. The zero-order valence-electron chi connectivity index (χ0n) is 7.69. The maximum Gasteiger partial charge on any atom is 0.417 e. The monoisotopic (exact) mass is 374 g/mol. The van der Waals surface area contributed by atoms with E-state index in [-0.39, 0.29) is 15.6 Å². The molecule has 1 aromatic heterocycles. The third-order valence-electron chi connectivity index (χ3n) is 2.11. The van der Waals surface area contributed by atoms with Crippen molar-refractivity contribution in [2.24, 2.45) is 0 Å². The summed E-state index contributed by atoms with van der Waals surface area (Å²) in [5.74, 6) is 0. The molecule has 0 fully saturated rings. The maximum absolute atomic E-state index is 12.8. The molecule has 1 heterocycles. The number of alkyl halides is 3. The van der Waals surface area contributed by atoms with Crippen LogP contribution in [0.5, 0.6) is 0 Å². The second kappa shape index (κ2) is 3.92. The molecule has 2 nitrogen and oxygen atoms in total.